The third-order valence-corrected chi connectivity index (χ3v) is 2.98. The molecule has 4 nitrogen and oxygen atoms in total. The van der Waals surface area contributed by atoms with E-state index in [1.165, 1.54) is 12.1 Å². The number of nitrogens with zero attached hydrogens (tertiary/aromatic N) is 1. The van der Waals surface area contributed by atoms with Gasteiger partial charge in [0, 0.05) is 0 Å². The zero-order chi connectivity index (χ0) is 14.5. The van der Waals surface area contributed by atoms with E-state index < -0.39 is 5.91 Å². The minimum atomic E-state index is -0.440. The molecule has 2 aromatic rings. The Balaban J connectivity index is 2.26. The van der Waals surface area contributed by atoms with Gasteiger partial charge in [0.1, 0.15) is 16.6 Å². The standard InChI is InChI=1S/C14H12Cl2N2O2/c1-2-20-11-6-4-3-5-10(11)17-14(19)13-9(15)7-8-12(16)18-13/h3-8H,2H2,1H3,(H,17,19). The molecule has 0 radical (unpaired) electrons. The Labute approximate surface area is 126 Å². The van der Waals surface area contributed by atoms with Crippen LogP contribution in [0.4, 0.5) is 5.69 Å². The molecule has 104 valence electrons. The average molecular weight is 311 g/mol. The number of benzene rings is 1. The summed E-state index contributed by atoms with van der Waals surface area (Å²) in [6.45, 7) is 2.37. The number of halogens is 2. The Morgan fingerprint density at radius 2 is 2.00 bits per heavy atom. The Bertz CT molecular complexity index is 632. The minimum absolute atomic E-state index is 0.0745. The van der Waals surface area contributed by atoms with Crippen LogP contribution in [0.2, 0.25) is 10.2 Å². The average Bonchev–Trinajstić information content (AvgIpc) is 2.44. The van der Waals surface area contributed by atoms with Crippen molar-refractivity contribution in [1.29, 1.82) is 0 Å². The lowest BCUT2D eigenvalue weighted by Gasteiger charge is -2.11. The smallest absolute Gasteiger partial charge is 0.275 e. The summed E-state index contributed by atoms with van der Waals surface area (Å²) in [6.07, 6.45) is 0. The van der Waals surface area contributed by atoms with Gasteiger partial charge >= 0.3 is 0 Å². The minimum Gasteiger partial charge on any atom is -0.492 e. The summed E-state index contributed by atoms with van der Waals surface area (Å²) in [4.78, 5) is 16.1. The van der Waals surface area contributed by atoms with Crippen molar-refractivity contribution in [3.8, 4) is 5.75 Å². The topological polar surface area (TPSA) is 51.2 Å². The number of hydrogen-bond donors (Lipinski definition) is 1. The second-order valence-electron chi connectivity index (χ2n) is 3.85. The number of amides is 1. The first-order valence-electron chi connectivity index (χ1n) is 5.97. The molecule has 0 aliphatic heterocycles. The molecule has 0 spiro atoms. The maximum atomic E-state index is 12.2. The zero-order valence-corrected chi connectivity index (χ0v) is 12.2. The first-order chi connectivity index (χ1) is 9.61. The fourth-order valence-electron chi connectivity index (χ4n) is 1.61. The van der Waals surface area contributed by atoms with Gasteiger partial charge in [-0.3, -0.25) is 4.79 Å². The lowest BCUT2D eigenvalue weighted by Crippen LogP contribution is -2.15. The summed E-state index contributed by atoms with van der Waals surface area (Å²) in [5.41, 5.74) is 0.627. The molecule has 0 bridgehead atoms. The van der Waals surface area contributed by atoms with Gasteiger partial charge in [-0.05, 0) is 31.2 Å². The molecule has 1 heterocycles. The van der Waals surface area contributed by atoms with Crippen LogP contribution in [0, 0.1) is 0 Å². The zero-order valence-electron chi connectivity index (χ0n) is 10.7. The highest BCUT2D eigenvalue weighted by Crippen LogP contribution is 2.25. The largest absolute Gasteiger partial charge is 0.492 e. The second-order valence-corrected chi connectivity index (χ2v) is 4.64. The number of anilines is 1. The summed E-state index contributed by atoms with van der Waals surface area (Å²) in [7, 11) is 0. The Morgan fingerprint density at radius 1 is 1.25 bits per heavy atom. The Kier molecular flexibility index (Phi) is 4.82. The van der Waals surface area contributed by atoms with E-state index in [2.05, 4.69) is 10.3 Å². The highest BCUT2D eigenvalue weighted by Gasteiger charge is 2.15. The van der Waals surface area contributed by atoms with Crippen molar-refractivity contribution < 1.29 is 9.53 Å². The van der Waals surface area contributed by atoms with Gasteiger partial charge in [-0.25, -0.2) is 4.98 Å². The summed E-state index contributed by atoms with van der Waals surface area (Å²) in [6, 6.07) is 10.2. The molecule has 0 fully saturated rings. The fourth-order valence-corrected chi connectivity index (χ4v) is 1.95. The first-order valence-corrected chi connectivity index (χ1v) is 6.72. The molecular formula is C14H12Cl2N2O2. The van der Waals surface area contributed by atoms with Gasteiger partial charge in [-0.1, -0.05) is 35.3 Å². The molecule has 0 aliphatic carbocycles. The van der Waals surface area contributed by atoms with Crippen LogP contribution >= 0.6 is 23.2 Å². The summed E-state index contributed by atoms with van der Waals surface area (Å²) in [5.74, 6) is 0.145. The van der Waals surface area contributed by atoms with Crippen LogP contribution in [-0.2, 0) is 0 Å². The number of carbonyl (C=O) groups excluding carboxylic acids is 1. The lowest BCUT2D eigenvalue weighted by molar-refractivity contribution is 0.102. The van der Waals surface area contributed by atoms with Crippen LogP contribution in [-0.4, -0.2) is 17.5 Å². The maximum absolute atomic E-state index is 12.2. The molecule has 0 atom stereocenters. The fraction of sp³-hybridized carbons (Fsp3) is 0.143. The van der Waals surface area contributed by atoms with Crippen LogP contribution in [0.1, 0.15) is 17.4 Å². The van der Waals surface area contributed by atoms with Crippen LogP contribution in [0.3, 0.4) is 0 Å². The third kappa shape index (κ3) is 3.40. The number of nitrogens with one attached hydrogen (secondary N) is 1. The van der Waals surface area contributed by atoms with E-state index >= 15 is 0 Å². The van der Waals surface area contributed by atoms with Crippen LogP contribution in [0.5, 0.6) is 5.75 Å². The summed E-state index contributed by atoms with van der Waals surface area (Å²) < 4.78 is 5.43. The van der Waals surface area contributed by atoms with Gasteiger partial charge in [0.05, 0.1) is 17.3 Å². The molecule has 6 heteroatoms. The van der Waals surface area contributed by atoms with E-state index in [0.29, 0.717) is 18.0 Å². The molecule has 1 amide bonds. The van der Waals surface area contributed by atoms with E-state index in [-0.39, 0.29) is 15.9 Å². The van der Waals surface area contributed by atoms with Crippen molar-refractivity contribution in [2.75, 3.05) is 11.9 Å². The van der Waals surface area contributed by atoms with Gasteiger partial charge in [-0.15, -0.1) is 0 Å². The van der Waals surface area contributed by atoms with E-state index in [4.69, 9.17) is 27.9 Å². The first kappa shape index (κ1) is 14.6. The third-order valence-electron chi connectivity index (χ3n) is 2.46. The number of pyridine rings is 1. The molecule has 1 aromatic carbocycles. The number of ether oxygens (including phenoxy) is 1. The van der Waals surface area contributed by atoms with E-state index in [9.17, 15) is 4.79 Å². The van der Waals surface area contributed by atoms with E-state index in [1.807, 2.05) is 13.0 Å². The predicted molar refractivity (Wildman–Crippen MR) is 79.8 cm³/mol. The molecule has 1 aromatic heterocycles. The van der Waals surface area contributed by atoms with Crippen molar-refractivity contribution in [2.24, 2.45) is 0 Å². The summed E-state index contributed by atoms with van der Waals surface area (Å²) >= 11 is 11.7. The van der Waals surface area contributed by atoms with Crippen molar-refractivity contribution in [3.63, 3.8) is 0 Å². The van der Waals surface area contributed by atoms with Gasteiger partial charge in [0.15, 0.2) is 0 Å². The van der Waals surface area contributed by atoms with Gasteiger partial charge in [0.25, 0.3) is 5.91 Å². The van der Waals surface area contributed by atoms with Crippen molar-refractivity contribution in [1.82, 2.24) is 4.98 Å². The highest BCUT2D eigenvalue weighted by atomic mass is 35.5. The molecule has 0 saturated heterocycles. The Hall–Kier alpha value is -1.78. The van der Waals surface area contributed by atoms with Crippen LogP contribution in [0.15, 0.2) is 36.4 Å². The van der Waals surface area contributed by atoms with Gasteiger partial charge in [0.2, 0.25) is 0 Å². The predicted octanol–water partition coefficient (Wildman–Crippen LogP) is 4.04. The van der Waals surface area contributed by atoms with E-state index in [0.717, 1.165) is 0 Å². The molecular weight excluding hydrogens is 299 g/mol. The molecule has 20 heavy (non-hydrogen) atoms. The monoisotopic (exact) mass is 310 g/mol. The SMILES string of the molecule is CCOc1ccccc1NC(=O)c1nc(Cl)ccc1Cl. The van der Waals surface area contributed by atoms with Crippen molar-refractivity contribution >= 4 is 34.8 Å². The number of aromatic nitrogens is 1. The molecule has 0 unspecified atom stereocenters. The highest BCUT2D eigenvalue weighted by molar-refractivity contribution is 6.35. The molecule has 1 N–H and O–H groups in total. The van der Waals surface area contributed by atoms with Crippen molar-refractivity contribution in [3.05, 3.63) is 52.3 Å². The quantitative estimate of drug-likeness (QED) is 0.867. The molecule has 0 aliphatic rings. The van der Waals surface area contributed by atoms with Crippen molar-refractivity contribution in [2.45, 2.75) is 6.92 Å². The maximum Gasteiger partial charge on any atom is 0.275 e. The number of carbonyl (C=O) groups is 1. The van der Waals surface area contributed by atoms with Crippen LogP contribution < -0.4 is 10.1 Å². The molecule has 0 saturated carbocycles. The van der Waals surface area contributed by atoms with Gasteiger partial charge < -0.3 is 10.1 Å². The van der Waals surface area contributed by atoms with Gasteiger partial charge in [-0.2, -0.15) is 0 Å². The molecule has 2 rings (SSSR count). The Morgan fingerprint density at radius 3 is 2.75 bits per heavy atom. The van der Waals surface area contributed by atoms with E-state index in [1.54, 1.807) is 18.2 Å². The normalized spacial score (nSPS) is 10.2. The number of para-hydroxylation sites is 2. The number of hydrogen-bond acceptors (Lipinski definition) is 3. The second kappa shape index (κ2) is 6.59. The summed E-state index contributed by atoms with van der Waals surface area (Å²) in [5, 5.41) is 3.15. The number of rotatable bonds is 4. The lowest BCUT2D eigenvalue weighted by atomic mass is 10.2. The van der Waals surface area contributed by atoms with Crippen LogP contribution in [0.25, 0.3) is 0 Å².